The lowest BCUT2D eigenvalue weighted by Crippen LogP contribution is -2.71. The Morgan fingerprint density at radius 2 is 1.61 bits per heavy atom. The molecule has 4 saturated carbocycles. The molecule has 4 nitrogen and oxygen atoms in total. The standard InChI is InChI=1S/C37H60O4/c1-12-22-41-35(8)19-17-32(5)27(36(35,9)40-11)14-15-33(6)28(32)23-25(13-2)29-26-24-31(3,4)16-20-37(26,30(38)39-10)21-18-34(29,33)7/h13,26-28H,2,12,14-24H2,1,3-11H3/t26-,27+,28?,32-,33+,34+,35?,36+,37-/m0/s1. The van der Waals surface area contributed by atoms with E-state index in [4.69, 9.17) is 14.2 Å². The van der Waals surface area contributed by atoms with Gasteiger partial charge in [0.1, 0.15) is 0 Å². The Hall–Kier alpha value is -1.13. The minimum Gasteiger partial charge on any atom is -0.469 e. The molecule has 0 amide bonds. The van der Waals surface area contributed by atoms with Gasteiger partial charge in [-0.2, -0.15) is 0 Å². The van der Waals surface area contributed by atoms with Crippen LogP contribution in [0.15, 0.2) is 23.8 Å². The molecule has 0 aromatic heterocycles. The van der Waals surface area contributed by atoms with E-state index < -0.39 is 5.41 Å². The lowest BCUT2D eigenvalue weighted by Gasteiger charge is -2.72. The molecule has 9 atom stereocenters. The molecule has 0 N–H and O–H groups in total. The maximum Gasteiger partial charge on any atom is 0.312 e. The van der Waals surface area contributed by atoms with Crippen LogP contribution in [-0.4, -0.2) is 38.0 Å². The second-order valence-electron chi connectivity index (χ2n) is 16.7. The van der Waals surface area contributed by atoms with Crippen LogP contribution >= 0.6 is 0 Å². The van der Waals surface area contributed by atoms with E-state index in [9.17, 15) is 4.79 Å². The molecule has 41 heavy (non-hydrogen) atoms. The predicted octanol–water partition coefficient (Wildman–Crippen LogP) is 9.08. The summed E-state index contributed by atoms with van der Waals surface area (Å²) >= 11 is 0. The summed E-state index contributed by atoms with van der Waals surface area (Å²) in [4.78, 5) is 13.7. The van der Waals surface area contributed by atoms with Gasteiger partial charge >= 0.3 is 5.97 Å². The molecule has 232 valence electrons. The summed E-state index contributed by atoms with van der Waals surface area (Å²) in [5.74, 6) is 1.21. The number of carbonyl (C=O) groups is 1. The fourth-order valence-corrected chi connectivity index (χ4v) is 11.8. The van der Waals surface area contributed by atoms with E-state index in [1.165, 1.54) is 12.0 Å². The number of ether oxygens (including phenoxy) is 3. The third-order valence-corrected chi connectivity index (χ3v) is 14.8. The van der Waals surface area contributed by atoms with Crippen LogP contribution in [0.3, 0.4) is 0 Å². The smallest absolute Gasteiger partial charge is 0.312 e. The summed E-state index contributed by atoms with van der Waals surface area (Å²) < 4.78 is 18.8. The van der Waals surface area contributed by atoms with Crippen molar-refractivity contribution in [2.24, 2.45) is 44.8 Å². The van der Waals surface area contributed by atoms with Gasteiger partial charge in [-0.3, -0.25) is 4.79 Å². The Balaban J connectivity index is 1.64. The van der Waals surface area contributed by atoms with Crippen LogP contribution in [0.25, 0.3) is 0 Å². The Bertz CT molecular complexity index is 1110. The average Bonchev–Trinajstić information content (AvgIpc) is 2.93. The highest BCUT2D eigenvalue weighted by molar-refractivity contribution is 5.78. The van der Waals surface area contributed by atoms with Crippen molar-refractivity contribution in [1.82, 2.24) is 0 Å². The highest BCUT2D eigenvalue weighted by Crippen LogP contribution is 2.77. The van der Waals surface area contributed by atoms with Crippen molar-refractivity contribution in [2.45, 2.75) is 137 Å². The quantitative estimate of drug-likeness (QED) is 0.300. The normalized spacial score (nSPS) is 48.8. The van der Waals surface area contributed by atoms with E-state index in [2.05, 4.69) is 68.0 Å². The van der Waals surface area contributed by atoms with Crippen LogP contribution < -0.4 is 0 Å². The number of allylic oxidation sites excluding steroid dienone is 3. The first-order chi connectivity index (χ1) is 19.1. The van der Waals surface area contributed by atoms with Crippen LogP contribution in [0.4, 0.5) is 0 Å². The van der Waals surface area contributed by atoms with Gasteiger partial charge < -0.3 is 14.2 Å². The lowest BCUT2D eigenvalue weighted by molar-refractivity contribution is -0.285. The molecule has 0 spiro atoms. The number of rotatable bonds is 6. The molecule has 0 bridgehead atoms. The van der Waals surface area contributed by atoms with E-state index >= 15 is 0 Å². The molecular weight excluding hydrogens is 508 g/mol. The molecule has 0 saturated heterocycles. The van der Waals surface area contributed by atoms with E-state index in [1.807, 2.05) is 7.11 Å². The van der Waals surface area contributed by atoms with Crippen molar-refractivity contribution in [3.63, 3.8) is 0 Å². The summed E-state index contributed by atoms with van der Waals surface area (Å²) in [5, 5.41) is 0. The second-order valence-corrected chi connectivity index (χ2v) is 16.7. The molecule has 0 aromatic rings. The molecule has 5 aliphatic carbocycles. The zero-order valence-corrected chi connectivity index (χ0v) is 28.1. The zero-order valence-electron chi connectivity index (χ0n) is 28.1. The van der Waals surface area contributed by atoms with Crippen LogP contribution in [0, 0.1) is 44.8 Å². The van der Waals surface area contributed by atoms with Gasteiger partial charge in [0.25, 0.3) is 0 Å². The predicted molar refractivity (Wildman–Crippen MR) is 166 cm³/mol. The first-order valence-corrected chi connectivity index (χ1v) is 16.7. The maximum atomic E-state index is 13.7. The van der Waals surface area contributed by atoms with Gasteiger partial charge in [-0.25, -0.2) is 0 Å². The van der Waals surface area contributed by atoms with E-state index in [0.717, 1.165) is 70.8 Å². The summed E-state index contributed by atoms with van der Waals surface area (Å²) in [6.45, 7) is 24.7. The van der Waals surface area contributed by atoms with Crippen molar-refractivity contribution in [3.8, 4) is 0 Å². The Morgan fingerprint density at radius 3 is 2.22 bits per heavy atom. The highest BCUT2D eigenvalue weighted by Gasteiger charge is 2.72. The SMILES string of the molecule is C=CC1=C2[C@@H]3CC(C)(C)CC[C@]3(C(=O)OC)CC[C@@]2(C)[C@]2(C)CC[C@@H]3[C@](C)(CCC(C)(OCCC)[C@]3(C)OC)C2C1. The van der Waals surface area contributed by atoms with Gasteiger partial charge in [0.15, 0.2) is 0 Å². The lowest BCUT2D eigenvalue weighted by atomic mass is 9.33. The minimum atomic E-state index is -0.393. The molecule has 4 fully saturated rings. The number of fused-ring (bicyclic) bond motifs is 7. The average molecular weight is 569 g/mol. The number of hydrogen-bond acceptors (Lipinski definition) is 4. The monoisotopic (exact) mass is 568 g/mol. The van der Waals surface area contributed by atoms with Crippen LogP contribution in [0.2, 0.25) is 0 Å². The zero-order chi connectivity index (χ0) is 30.3. The Kier molecular flexibility index (Phi) is 7.59. The first-order valence-electron chi connectivity index (χ1n) is 16.7. The number of esters is 1. The summed E-state index contributed by atoms with van der Waals surface area (Å²) in [7, 11) is 3.51. The molecule has 0 radical (unpaired) electrons. The summed E-state index contributed by atoms with van der Waals surface area (Å²) in [5.41, 5.74) is 2.52. The Labute approximate surface area is 251 Å². The van der Waals surface area contributed by atoms with Gasteiger partial charge in [-0.15, -0.1) is 0 Å². The van der Waals surface area contributed by atoms with Crippen molar-refractivity contribution in [1.29, 1.82) is 0 Å². The van der Waals surface area contributed by atoms with Crippen molar-refractivity contribution in [3.05, 3.63) is 23.8 Å². The molecule has 2 unspecified atom stereocenters. The van der Waals surface area contributed by atoms with E-state index in [-0.39, 0.29) is 44.7 Å². The number of carbonyl (C=O) groups excluding carboxylic acids is 1. The molecule has 5 aliphatic rings. The van der Waals surface area contributed by atoms with Gasteiger partial charge in [-0.1, -0.05) is 59.8 Å². The van der Waals surface area contributed by atoms with Crippen molar-refractivity contribution in [2.75, 3.05) is 20.8 Å². The number of methoxy groups -OCH3 is 2. The third-order valence-electron chi connectivity index (χ3n) is 14.8. The van der Waals surface area contributed by atoms with E-state index in [1.54, 1.807) is 12.7 Å². The molecule has 0 aromatic carbocycles. The summed E-state index contributed by atoms with van der Waals surface area (Å²) in [6, 6.07) is 0. The third kappa shape index (κ3) is 4.00. The number of hydrogen-bond donors (Lipinski definition) is 0. The van der Waals surface area contributed by atoms with Crippen LogP contribution in [0.5, 0.6) is 0 Å². The molecular formula is C37H60O4. The molecule has 0 heterocycles. The van der Waals surface area contributed by atoms with Gasteiger partial charge in [0.2, 0.25) is 0 Å². The molecule has 4 heteroatoms. The highest BCUT2D eigenvalue weighted by atomic mass is 16.6. The minimum absolute atomic E-state index is 0.0217. The first kappa shape index (κ1) is 31.3. The van der Waals surface area contributed by atoms with Gasteiger partial charge in [0.05, 0.1) is 23.7 Å². The van der Waals surface area contributed by atoms with Gasteiger partial charge in [-0.05, 0) is 129 Å². The maximum absolute atomic E-state index is 13.7. The summed E-state index contributed by atoms with van der Waals surface area (Å²) in [6.07, 6.45) is 13.9. The molecule has 0 aliphatic heterocycles. The van der Waals surface area contributed by atoms with Crippen molar-refractivity contribution < 1.29 is 19.0 Å². The van der Waals surface area contributed by atoms with Crippen LogP contribution in [0.1, 0.15) is 126 Å². The second kappa shape index (κ2) is 9.94. The fourth-order valence-electron chi connectivity index (χ4n) is 11.8. The topological polar surface area (TPSA) is 44.8 Å². The fraction of sp³-hybridized carbons (Fsp3) is 0.865. The van der Waals surface area contributed by atoms with Crippen molar-refractivity contribution >= 4 is 5.97 Å². The largest absolute Gasteiger partial charge is 0.469 e. The molecule has 5 rings (SSSR count). The van der Waals surface area contributed by atoms with E-state index in [0.29, 0.717) is 11.8 Å². The van der Waals surface area contributed by atoms with Crippen LogP contribution in [-0.2, 0) is 19.0 Å². The Morgan fingerprint density at radius 1 is 0.927 bits per heavy atom. The van der Waals surface area contributed by atoms with Gasteiger partial charge in [0, 0.05) is 13.7 Å².